The van der Waals surface area contributed by atoms with Gasteiger partial charge in [-0.15, -0.1) is 0 Å². The number of benzene rings is 1. The standard InChI is InChI=1S/C13H19NO3S/c1-17-12-7-6-10(9-13(12)18(2,15)16)11-5-3-4-8-14-11/h6-7,9,11,14H,3-5,8H2,1-2H3. The van der Waals surface area contributed by atoms with Gasteiger partial charge < -0.3 is 10.1 Å². The third-order valence-corrected chi connectivity index (χ3v) is 4.42. The number of sulfone groups is 1. The first-order valence-electron chi connectivity index (χ1n) is 6.14. The molecule has 0 aromatic heterocycles. The van der Waals surface area contributed by atoms with Crippen molar-refractivity contribution >= 4 is 9.84 Å². The Kier molecular flexibility index (Phi) is 3.92. The van der Waals surface area contributed by atoms with E-state index in [9.17, 15) is 8.42 Å². The van der Waals surface area contributed by atoms with E-state index in [-0.39, 0.29) is 10.9 Å². The highest BCUT2D eigenvalue weighted by atomic mass is 32.2. The monoisotopic (exact) mass is 269 g/mol. The van der Waals surface area contributed by atoms with E-state index < -0.39 is 9.84 Å². The van der Waals surface area contributed by atoms with Crippen molar-refractivity contribution in [1.82, 2.24) is 5.32 Å². The largest absolute Gasteiger partial charge is 0.495 e. The summed E-state index contributed by atoms with van der Waals surface area (Å²) in [7, 11) is -1.77. The van der Waals surface area contributed by atoms with E-state index in [4.69, 9.17) is 4.74 Å². The van der Waals surface area contributed by atoms with Gasteiger partial charge in [0.15, 0.2) is 9.84 Å². The van der Waals surface area contributed by atoms with Crippen molar-refractivity contribution < 1.29 is 13.2 Å². The Hall–Kier alpha value is -1.07. The minimum Gasteiger partial charge on any atom is -0.495 e. The van der Waals surface area contributed by atoms with Gasteiger partial charge in [-0.1, -0.05) is 12.5 Å². The van der Waals surface area contributed by atoms with Crippen molar-refractivity contribution in [2.24, 2.45) is 0 Å². The Labute approximate surface area is 108 Å². The van der Waals surface area contributed by atoms with Gasteiger partial charge >= 0.3 is 0 Å². The quantitative estimate of drug-likeness (QED) is 0.910. The van der Waals surface area contributed by atoms with E-state index >= 15 is 0 Å². The lowest BCUT2D eigenvalue weighted by molar-refractivity contribution is 0.397. The molecule has 1 fully saturated rings. The minimum atomic E-state index is -3.26. The van der Waals surface area contributed by atoms with Gasteiger partial charge in [0.1, 0.15) is 10.6 Å². The molecule has 0 saturated carbocycles. The molecule has 1 aliphatic rings. The second-order valence-electron chi connectivity index (χ2n) is 4.68. The maximum Gasteiger partial charge on any atom is 0.179 e. The molecule has 1 unspecified atom stereocenters. The normalized spacial score (nSPS) is 20.7. The van der Waals surface area contributed by atoms with Crippen molar-refractivity contribution in [1.29, 1.82) is 0 Å². The average molecular weight is 269 g/mol. The van der Waals surface area contributed by atoms with Crippen LogP contribution in [-0.2, 0) is 9.84 Å². The Morgan fingerprint density at radius 3 is 2.67 bits per heavy atom. The molecule has 1 aromatic rings. The Morgan fingerprint density at radius 1 is 1.33 bits per heavy atom. The summed E-state index contributed by atoms with van der Waals surface area (Å²) in [6.07, 6.45) is 4.63. The molecule has 0 aliphatic carbocycles. The summed E-state index contributed by atoms with van der Waals surface area (Å²) >= 11 is 0. The smallest absolute Gasteiger partial charge is 0.179 e. The van der Waals surface area contributed by atoms with Gasteiger partial charge in [-0.05, 0) is 37.1 Å². The average Bonchev–Trinajstić information content (AvgIpc) is 2.38. The van der Waals surface area contributed by atoms with E-state index in [0.717, 1.165) is 18.5 Å². The molecule has 0 radical (unpaired) electrons. The number of piperidine rings is 1. The molecule has 1 aromatic carbocycles. The molecule has 18 heavy (non-hydrogen) atoms. The number of ether oxygens (including phenoxy) is 1. The van der Waals surface area contributed by atoms with E-state index in [0.29, 0.717) is 5.75 Å². The molecular weight excluding hydrogens is 250 g/mol. The lowest BCUT2D eigenvalue weighted by atomic mass is 9.97. The van der Waals surface area contributed by atoms with Gasteiger partial charge in [0.2, 0.25) is 0 Å². The Morgan fingerprint density at radius 2 is 2.11 bits per heavy atom. The maximum absolute atomic E-state index is 11.7. The first-order valence-corrected chi connectivity index (χ1v) is 8.03. The molecule has 0 spiro atoms. The van der Waals surface area contributed by atoms with Crippen molar-refractivity contribution in [3.63, 3.8) is 0 Å². The van der Waals surface area contributed by atoms with Crippen LogP contribution in [0.15, 0.2) is 23.1 Å². The number of hydrogen-bond donors (Lipinski definition) is 1. The van der Waals surface area contributed by atoms with Crippen LogP contribution < -0.4 is 10.1 Å². The third-order valence-electron chi connectivity index (χ3n) is 3.30. The van der Waals surface area contributed by atoms with Crippen LogP contribution in [0.1, 0.15) is 30.9 Å². The summed E-state index contributed by atoms with van der Waals surface area (Å²) in [4.78, 5) is 0.273. The predicted octanol–water partition coefficient (Wildman–Crippen LogP) is 1.91. The third kappa shape index (κ3) is 2.84. The van der Waals surface area contributed by atoms with Gasteiger partial charge in [-0.3, -0.25) is 0 Å². The zero-order valence-electron chi connectivity index (χ0n) is 10.8. The topological polar surface area (TPSA) is 55.4 Å². The molecule has 1 atom stereocenters. The van der Waals surface area contributed by atoms with E-state index in [1.165, 1.54) is 26.2 Å². The highest BCUT2D eigenvalue weighted by molar-refractivity contribution is 7.90. The summed E-state index contributed by atoms with van der Waals surface area (Å²) in [5, 5.41) is 3.42. The molecule has 1 aliphatic heterocycles. The molecule has 100 valence electrons. The molecule has 2 rings (SSSR count). The van der Waals surface area contributed by atoms with Gasteiger partial charge in [0.05, 0.1) is 7.11 Å². The number of rotatable bonds is 3. The fourth-order valence-electron chi connectivity index (χ4n) is 2.34. The molecule has 5 heteroatoms. The summed E-state index contributed by atoms with van der Waals surface area (Å²) in [5.41, 5.74) is 1.02. The van der Waals surface area contributed by atoms with E-state index in [2.05, 4.69) is 5.32 Å². The highest BCUT2D eigenvalue weighted by Gasteiger charge is 2.19. The van der Waals surface area contributed by atoms with Crippen LogP contribution >= 0.6 is 0 Å². The molecule has 4 nitrogen and oxygen atoms in total. The van der Waals surface area contributed by atoms with E-state index in [1.54, 1.807) is 12.1 Å². The van der Waals surface area contributed by atoms with Gasteiger partial charge in [-0.25, -0.2) is 8.42 Å². The molecule has 0 bridgehead atoms. The number of methoxy groups -OCH3 is 1. The van der Waals surface area contributed by atoms with Crippen LogP contribution in [0.5, 0.6) is 5.75 Å². The first kappa shape index (κ1) is 13.4. The molecule has 0 amide bonds. The second kappa shape index (κ2) is 5.28. The van der Waals surface area contributed by atoms with Crippen LogP contribution in [-0.4, -0.2) is 28.3 Å². The Balaban J connectivity index is 2.39. The highest BCUT2D eigenvalue weighted by Crippen LogP contribution is 2.30. The number of nitrogens with one attached hydrogen (secondary N) is 1. The van der Waals surface area contributed by atoms with Gasteiger partial charge in [0.25, 0.3) is 0 Å². The predicted molar refractivity (Wildman–Crippen MR) is 70.7 cm³/mol. The fourth-order valence-corrected chi connectivity index (χ4v) is 3.20. The molecule has 1 N–H and O–H groups in total. The molecular formula is C13H19NO3S. The summed E-state index contributed by atoms with van der Waals surface area (Å²) in [5.74, 6) is 0.414. The van der Waals surface area contributed by atoms with Crippen molar-refractivity contribution in [2.45, 2.75) is 30.2 Å². The number of hydrogen-bond acceptors (Lipinski definition) is 4. The van der Waals surface area contributed by atoms with Crippen LogP contribution in [0.2, 0.25) is 0 Å². The zero-order chi connectivity index (χ0) is 13.2. The molecule has 1 heterocycles. The van der Waals surface area contributed by atoms with Crippen LogP contribution in [0.3, 0.4) is 0 Å². The van der Waals surface area contributed by atoms with Crippen LogP contribution in [0.4, 0.5) is 0 Å². The minimum absolute atomic E-state index is 0.255. The summed E-state index contributed by atoms with van der Waals surface area (Å²) < 4.78 is 28.6. The van der Waals surface area contributed by atoms with Gasteiger partial charge in [-0.2, -0.15) is 0 Å². The van der Waals surface area contributed by atoms with Crippen molar-refractivity contribution in [3.05, 3.63) is 23.8 Å². The molecule has 1 saturated heterocycles. The van der Waals surface area contributed by atoms with Crippen molar-refractivity contribution in [3.8, 4) is 5.75 Å². The summed E-state index contributed by atoms with van der Waals surface area (Å²) in [6, 6.07) is 5.67. The first-order chi connectivity index (χ1) is 8.52. The van der Waals surface area contributed by atoms with Crippen molar-refractivity contribution in [2.75, 3.05) is 19.9 Å². The van der Waals surface area contributed by atoms with Crippen LogP contribution in [0, 0.1) is 0 Å². The zero-order valence-corrected chi connectivity index (χ0v) is 11.6. The van der Waals surface area contributed by atoms with Crippen LogP contribution in [0.25, 0.3) is 0 Å². The summed E-state index contributed by atoms with van der Waals surface area (Å²) in [6.45, 7) is 0.991. The SMILES string of the molecule is COc1ccc(C2CCCCN2)cc1S(C)(=O)=O. The fraction of sp³-hybridized carbons (Fsp3) is 0.538. The lowest BCUT2D eigenvalue weighted by Crippen LogP contribution is -2.26. The Bertz CT molecular complexity index is 519. The van der Waals surface area contributed by atoms with E-state index in [1.807, 2.05) is 6.07 Å². The maximum atomic E-state index is 11.7. The lowest BCUT2D eigenvalue weighted by Gasteiger charge is -2.24. The van der Waals surface area contributed by atoms with Gasteiger partial charge in [0, 0.05) is 12.3 Å². The second-order valence-corrected chi connectivity index (χ2v) is 6.67.